The molecule has 194 valence electrons. The van der Waals surface area contributed by atoms with Crippen molar-refractivity contribution in [1.82, 2.24) is 9.55 Å². The van der Waals surface area contributed by atoms with Crippen LogP contribution in [0.2, 0.25) is 0 Å². The SMILES string of the molecule is CC(C)C(=O)OCOc1cc(C(F)(F)F)nc(=Nc2cc(C(F)(F)F)cc(C(F)(F)F)c2Br)n1C. The Hall–Kier alpha value is -2.78. The zero-order valence-electron chi connectivity index (χ0n) is 17.9. The fraction of sp³-hybridized carbons (Fsp3) is 0.421. The van der Waals surface area contributed by atoms with Crippen LogP contribution in [0.15, 0.2) is 27.7 Å². The lowest BCUT2D eigenvalue weighted by atomic mass is 10.1. The van der Waals surface area contributed by atoms with E-state index in [1.54, 1.807) is 0 Å². The molecule has 16 heteroatoms. The van der Waals surface area contributed by atoms with Gasteiger partial charge in [-0.2, -0.15) is 39.5 Å². The van der Waals surface area contributed by atoms with Crippen molar-refractivity contribution >= 4 is 27.6 Å². The zero-order chi connectivity index (χ0) is 26.9. The lowest BCUT2D eigenvalue weighted by Gasteiger charge is -2.16. The minimum Gasteiger partial charge on any atom is -0.442 e. The van der Waals surface area contributed by atoms with E-state index in [0.717, 1.165) is 11.6 Å². The van der Waals surface area contributed by atoms with Crippen LogP contribution >= 0.6 is 15.9 Å². The van der Waals surface area contributed by atoms with Gasteiger partial charge in [-0.3, -0.25) is 9.36 Å². The van der Waals surface area contributed by atoms with E-state index < -0.39 is 75.7 Å². The van der Waals surface area contributed by atoms with Gasteiger partial charge in [-0.25, -0.2) is 9.98 Å². The smallest absolute Gasteiger partial charge is 0.433 e. The molecule has 1 aromatic carbocycles. The summed E-state index contributed by atoms with van der Waals surface area (Å²) < 4.78 is 129. The predicted molar refractivity (Wildman–Crippen MR) is 104 cm³/mol. The largest absolute Gasteiger partial charge is 0.442 e. The molecule has 1 heterocycles. The number of ether oxygens (including phenoxy) is 2. The number of hydrogen-bond donors (Lipinski definition) is 0. The first-order valence-electron chi connectivity index (χ1n) is 9.29. The Morgan fingerprint density at radius 1 is 1.03 bits per heavy atom. The van der Waals surface area contributed by atoms with Gasteiger partial charge in [0, 0.05) is 13.1 Å². The number of aromatic nitrogens is 2. The fourth-order valence-corrected chi connectivity index (χ4v) is 2.94. The average molecular weight is 584 g/mol. The summed E-state index contributed by atoms with van der Waals surface area (Å²) in [6.45, 7) is 2.13. The molecular weight excluding hydrogens is 569 g/mol. The van der Waals surface area contributed by atoms with Gasteiger partial charge < -0.3 is 9.47 Å². The lowest BCUT2D eigenvalue weighted by Crippen LogP contribution is -2.28. The molecule has 0 aliphatic carbocycles. The number of halogens is 10. The van der Waals surface area contributed by atoms with Crippen molar-refractivity contribution in [2.45, 2.75) is 32.4 Å². The fourth-order valence-electron chi connectivity index (χ4n) is 2.39. The Labute approximate surface area is 199 Å². The van der Waals surface area contributed by atoms with E-state index in [1.807, 2.05) is 0 Å². The molecule has 1 aromatic heterocycles. The summed E-state index contributed by atoms with van der Waals surface area (Å²) in [6.07, 6.45) is -15.6. The van der Waals surface area contributed by atoms with Crippen molar-refractivity contribution in [3.8, 4) is 5.88 Å². The molecule has 6 nitrogen and oxygen atoms in total. The molecule has 0 aliphatic rings. The van der Waals surface area contributed by atoms with E-state index in [1.165, 1.54) is 13.8 Å². The Kier molecular flexibility index (Phi) is 8.18. The number of esters is 1. The molecule has 0 fully saturated rings. The number of nitrogens with zero attached hydrogens (tertiary/aromatic N) is 3. The van der Waals surface area contributed by atoms with Crippen LogP contribution in [-0.4, -0.2) is 22.3 Å². The van der Waals surface area contributed by atoms with Crippen molar-refractivity contribution in [2.24, 2.45) is 18.0 Å². The number of rotatable bonds is 5. The summed E-state index contributed by atoms with van der Waals surface area (Å²) in [7, 11) is 1.04. The molecule has 0 bridgehead atoms. The molecule has 0 atom stereocenters. The first-order chi connectivity index (χ1) is 15.8. The van der Waals surface area contributed by atoms with E-state index in [2.05, 4.69) is 25.9 Å². The highest BCUT2D eigenvalue weighted by Crippen LogP contribution is 2.43. The third-order valence-electron chi connectivity index (χ3n) is 4.19. The molecule has 2 aromatic rings. The number of carbonyl (C=O) groups excluding carboxylic acids is 1. The van der Waals surface area contributed by atoms with E-state index in [0.29, 0.717) is 6.07 Å². The van der Waals surface area contributed by atoms with Gasteiger partial charge in [-0.15, -0.1) is 0 Å². The molecule has 2 rings (SSSR count). The van der Waals surface area contributed by atoms with Gasteiger partial charge >= 0.3 is 24.5 Å². The summed E-state index contributed by atoms with van der Waals surface area (Å²) >= 11 is 2.52. The minimum absolute atomic E-state index is 0.166. The summed E-state index contributed by atoms with van der Waals surface area (Å²) in [6, 6.07) is 0.442. The average Bonchev–Trinajstić information content (AvgIpc) is 2.69. The van der Waals surface area contributed by atoms with Gasteiger partial charge in [0.05, 0.1) is 27.2 Å². The number of alkyl halides is 9. The highest BCUT2D eigenvalue weighted by Gasteiger charge is 2.39. The van der Waals surface area contributed by atoms with Gasteiger partial charge in [-0.05, 0) is 28.1 Å². The maximum Gasteiger partial charge on any atom is 0.433 e. The van der Waals surface area contributed by atoms with Crippen LogP contribution in [-0.2, 0) is 35.1 Å². The number of carbonyl (C=O) groups is 1. The molecule has 35 heavy (non-hydrogen) atoms. The van der Waals surface area contributed by atoms with Crippen molar-refractivity contribution in [3.63, 3.8) is 0 Å². The van der Waals surface area contributed by atoms with E-state index in [-0.39, 0.29) is 12.1 Å². The predicted octanol–water partition coefficient (Wildman–Crippen LogP) is 6.01. The zero-order valence-corrected chi connectivity index (χ0v) is 19.4. The molecule has 0 radical (unpaired) electrons. The molecule has 0 amide bonds. The van der Waals surface area contributed by atoms with Crippen molar-refractivity contribution in [3.05, 3.63) is 45.1 Å². The lowest BCUT2D eigenvalue weighted by molar-refractivity contribution is -0.154. The molecule has 0 saturated carbocycles. The molecule has 0 unspecified atom stereocenters. The Balaban J connectivity index is 2.74. The van der Waals surface area contributed by atoms with Crippen LogP contribution in [0.25, 0.3) is 0 Å². The first kappa shape index (κ1) is 28.5. The third kappa shape index (κ3) is 7.11. The molecule has 0 N–H and O–H groups in total. The Bertz CT molecular complexity index is 1170. The van der Waals surface area contributed by atoms with E-state index in [4.69, 9.17) is 9.47 Å². The maximum atomic E-state index is 13.3. The van der Waals surface area contributed by atoms with Gasteiger partial charge in [-0.1, -0.05) is 13.8 Å². The van der Waals surface area contributed by atoms with Crippen LogP contribution in [0.1, 0.15) is 30.7 Å². The number of benzene rings is 1. The summed E-state index contributed by atoms with van der Waals surface area (Å²) in [5.74, 6) is -1.96. The van der Waals surface area contributed by atoms with Gasteiger partial charge in [0.1, 0.15) is 0 Å². The van der Waals surface area contributed by atoms with Crippen LogP contribution in [0.4, 0.5) is 45.2 Å². The quantitative estimate of drug-likeness (QED) is 0.246. The van der Waals surface area contributed by atoms with Crippen LogP contribution < -0.4 is 10.4 Å². The normalized spacial score (nSPS) is 13.4. The second-order valence-electron chi connectivity index (χ2n) is 7.18. The molecule has 0 saturated heterocycles. The summed E-state index contributed by atoms with van der Waals surface area (Å²) in [4.78, 5) is 18.2. The highest BCUT2D eigenvalue weighted by molar-refractivity contribution is 9.10. The van der Waals surface area contributed by atoms with Crippen LogP contribution in [0.5, 0.6) is 5.88 Å². The van der Waals surface area contributed by atoms with E-state index in [9.17, 15) is 44.3 Å². The van der Waals surface area contributed by atoms with Crippen molar-refractivity contribution in [1.29, 1.82) is 0 Å². The molecule has 0 aliphatic heterocycles. The third-order valence-corrected chi connectivity index (χ3v) is 5.02. The van der Waals surface area contributed by atoms with Crippen LogP contribution in [0, 0.1) is 5.92 Å². The first-order valence-corrected chi connectivity index (χ1v) is 10.1. The summed E-state index contributed by atoms with van der Waals surface area (Å²) in [5.41, 5.74) is -7.04. The standard InChI is InChI=1S/C19H15BrF9N3O3/c1-8(2)15(33)35-7-34-13-6-12(19(27,28)29)31-16(32(13)3)30-11-5-9(17(21,22)23)4-10(14(11)20)18(24,25)26/h4-6,8H,7H2,1-3H3. The molecular formula is C19H15BrF9N3O3. The van der Waals surface area contributed by atoms with Gasteiger partial charge in [0.2, 0.25) is 18.3 Å². The second kappa shape index (κ2) is 10.1. The Morgan fingerprint density at radius 3 is 2.11 bits per heavy atom. The maximum absolute atomic E-state index is 13.3. The van der Waals surface area contributed by atoms with Crippen molar-refractivity contribution < 1.29 is 53.8 Å². The van der Waals surface area contributed by atoms with Gasteiger partial charge in [0.15, 0.2) is 5.69 Å². The minimum atomic E-state index is -5.25. The molecule has 0 spiro atoms. The van der Waals surface area contributed by atoms with Gasteiger partial charge in [0.25, 0.3) is 0 Å². The highest BCUT2D eigenvalue weighted by atomic mass is 79.9. The summed E-state index contributed by atoms with van der Waals surface area (Å²) in [5, 5.41) is 0. The second-order valence-corrected chi connectivity index (χ2v) is 7.97. The Morgan fingerprint density at radius 2 is 1.63 bits per heavy atom. The number of hydrogen-bond acceptors (Lipinski definition) is 5. The van der Waals surface area contributed by atoms with Crippen molar-refractivity contribution in [2.75, 3.05) is 6.79 Å². The van der Waals surface area contributed by atoms with Crippen LogP contribution in [0.3, 0.4) is 0 Å². The topological polar surface area (TPSA) is 65.7 Å². The monoisotopic (exact) mass is 583 g/mol. The van der Waals surface area contributed by atoms with E-state index >= 15 is 0 Å².